The number of alkyl halides is 3. The molecule has 168 valence electrons. The van der Waals surface area contributed by atoms with Crippen LogP contribution in [-0.2, 0) is 15.8 Å². The van der Waals surface area contributed by atoms with Gasteiger partial charge in [0.25, 0.3) is 17.5 Å². The quantitative estimate of drug-likeness (QED) is 0.158. The Labute approximate surface area is 196 Å². The van der Waals surface area contributed by atoms with Gasteiger partial charge in [0, 0.05) is 9.64 Å². The normalized spacial score (nSPS) is 15.3. The first-order chi connectivity index (χ1) is 15.5. The van der Waals surface area contributed by atoms with E-state index >= 15 is 0 Å². The van der Waals surface area contributed by atoms with E-state index < -0.39 is 34.2 Å². The van der Waals surface area contributed by atoms with Gasteiger partial charge in [-0.05, 0) is 77.2 Å². The minimum absolute atomic E-state index is 0.0159. The van der Waals surface area contributed by atoms with E-state index in [1.165, 1.54) is 12.1 Å². The van der Waals surface area contributed by atoms with Crippen LogP contribution < -0.4 is 10.4 Å². The summed E-state index contributed by atoms with van der Waals surface area (Å²) in [6.07, 6.45) is -3.59. The fourth-order valence-electron chi connectivity index (χ4n) is 3.11. The molecule has 1 aliphatic heterocycles. The number of rotatable bonds is 4. The van der Waals surface area contributed by atoms with Gasteiger partial charge in [0.2, 0.25) is 0 Å². The van der Waals surface area contributed by atoms with Gasteiger partial charge < -0.3 is 4.42 Å². The summed E-state index contributed by atoms with van der Waals surface area (Å²) in [5.41, 5.74) is 0.488. The molecule has 0 spiro atoms. The van der Waals surface area contributed by atoms with E-state index in [4.69, 9.17) is 4.42 Å². The summed E-state index contributed by atoms with van der Waals surface area (Å²) in [5, 5.41) is 12.4. The van der Waals surface area contributed by atoms with Gasteiger partial charge in [-0.2, -0.15) is 13.2 Å². The molecular formula is C21H11F3IN3O5. The molecular weight excluding hydrogens is 558 g/mol. The maximum absolute atomic E-state index is 12.9. The van der Waals surface area contributed by atoms with Gasteiger partial charge in [-0.25, -0.2) is 5.01 Å². The molecule has 0 unspecified atom stereocenters. The van der Waals surface area contributed by atoms with Gasteiger partial charge in [0.15, 0.2) is 0 Å². The molecule has 33 heavy (non-hydrogen) atoms. The maximum atomic E-state index is 12.9. The molecule has 4 rings (SSSR count). The molecule has 1 saturated heterocycles. The first kappa shape index (κ1) is 22.5. The summed E-state index contributed by atoms with van der Waals surface area (Å²) in [7, 11) is 0. The van der Waals surface area contributed by atoms with Crippen LogP contribution in [0.3, 0.4) is 0 Å². The number of nitro groups is 1. The molecule has 1 N–H and O–H groups in total. The van der Waals surface area contributed by atoms with Gasteiger partial charge >= 0.3 is 6.18 Å². The molecule has 1 aliphatic rings. The lowest BCUT2D eigenvalue weighted by Gasteiger charge is -2.14. The molecule has 8 nitrogen and oxygen atoms in total. The fraction of sp³-hybridized carbons (Fsp3) is 0.0476. The maximum Gasteiger partial charge on any atom is 0.416 e. The number of furan rings is 1. The number of nitro benzene ring substituents is 1. The average molecular weight is 569 g/mol. The van der Waals surface area contributed by atoms with Crippen molar-refractivity contribution in [2.24, 2.45) is 0 Å². The number of nitrogens with one attached hydrogen (secondary N) is 1. The number of carbonyl (C=O) groups is 2. The van der Waals surface area contributed by atoms with Crippen LogP contribution >= 0.6 is 22.6 Å². The monoisotopic (exact) mass is 569 g/mol. The molecule has 3 aromatic rings. The highest BCUT2D eigenvalue weighted by Gasteiger charge is 2.35. The lowest BCUT2D eigenvalue weighted by atomic mass is 10.1. The first-order valence-corrected chi connectivity index (χ1v) is 10.2. The first-order valence-electron chi connectivity index (χ1n) is 9.13. The van der Waals surface area contributed by atoms with Crippen LogP contribution in [0, 0.1) is 13.7 Å². The van der Waals surface area contributed by atoms with Gasteiger partial charge in [0.05, 0.1) is 21.7 Å². The number of hydrogen-bond acceptors (Lipinski definition) is 5. The number of amides is 2. The Bertz CT molecular complexity index is 1320. The molecule has 0 radical (unpaired) electrons. The van der Waals surface area contributed by atoms with Crippen LogP contribution in [0.2, 0.25) is 0 Å². The summed E-state index contributed by atoms with van der Waals surface area (Å²) >= 11 is 2.09. The van der Waals surface area contributed by atoms with Gasteiger partial charge in [0.1, 0.15) is 17.1 Å². The van der Waals surface area contributed by atoms with Crippen molar-refractivity contribution in [1.29, 1.82) is 0 Å². The van der Waals surface area contributed by atoms with E-state index in [-0.39, 0.29) is 22.7 Å². The average Bonchev–Trinajstić information content (AvgIpc) is 3.33. The van der Waals surface area contributed by atoms with Gasteiger partial charge in [-0.3, -0.25) is 25.1 Å². The summed E-state index contributed by atoms with van der Waals surface area (Å²) in [5.74, 6) is -1.40. The van der Waals surface area contributed by atoms with Crippen molar-refractivity contribution in [3.8, 4) is 11.3 Å². The third-order valence-electron chi connectivity index (χ3n) is 4.68. The van der Waals surface area contributed by atoms with Crippen molar-refractivity contribution in [3.63, 3.8) is 0 Å². The van der Waals surface area contributed by atoms with E-state index in [0.29, 0.717) is 17.8 Å². The van der Waals surface area contributed by atoms with Crippen LogP contribution in [0.25, 0.3) is 17.4 Å². The zero-order valence-corrected chi connectivity index (χ0v) is 18.4. The van der Waals surface area contributed by atoms with Crippen molar-refractivity contribution in [2.45, 2.75) is 6.18 Å². The SMILES string of the molecule is O=C1NN(c2ccc(I)cc2)C(=O)/C1=C\c1ccc(-c2ccc(C(F)(F)F)cc2[N+](=O)[O-])o1. The van der Waals surface area contributed by atoms with Gasteiger partial charge in [-0.15, -0.1) is 0 Å². The minimum atomic E-state index is -4.75. The number of hydrogen-bond donors (Lipinski definition) is 1. The van der Waals surface area contributed by atoms with E-state index in [1.54, 1.807) is 24.3 Å². The Morgan fingerprint density at radius 2 is 1.76 bits per heavy atom. The molecule has 1 aromatic heterocycles. The molecule has 0 atom stereocenters. The molecule has 2 heterocycles. The summed E-state index contributed by atoms with van der Waals surface area (Å²) < 4.78 is 45.2. The molecule has 12 heteroatoms. The fourth-order valence-corrected chi connectivity index (χ4v) is 3.47. The van der Waals surface area contributed by atoms with Crippen LogP contribution in [-0.4, -0.2) is 16.7 Å². The Balaban J connectivity index is 1.65. The highest BCUT2D eigenvalue weighted by molar-refractivity contribution is 14.1. The molecule has 2 aromatic carbocycles. The third-order valence-corrected chi connectivity index (χ3v) is 5.40. The van der Waals surface area contributed by atoms with Crippen LogP contribution in [0.4, 0.5) is 24.5 Å². The number of hydrazine groups is 1. The Kier molecular flexibility index (Phi) is 5.69. The number of carbonyl (C=O) groups excluding carboxylic acids is 2. The topological polar surface area (TPSA) is 106 Å². The van der Waals surface area contributed by atoms with Crippen molar-refractivity contribution in [3.05, 3.63) is 85.2 Å². The molecule has 0 aliphatic carbocycles. The second-order valence-corrected chi connectivity index (χ2v) is 8.05. The summed E-state index contributed by atoms with van der Waals surface area (Å²) in [6.45, 7) is 0. The molecule has 0 saturated carbocycles. The zero-order valence-electron chi connectivity index (χ0n) is 16.2. The smallest absolute Gasteiger partial charge is 0.416 e. The number of halogens is 4. The van der Waals surface area contributed by atoms with E-state index in [9.17, 15) is 32.9 Å². The lowest BCUT2D eigenvalue weighted by molar-refractivity contribution is -0.384. The van der Waals surface area contributed by atoms with Crippen molar-refractivity contribution < 1.29 is 32.1 Å². The number of benzene rings is 2. The standard InChI is InChI=1S/C21H11F3IN3O5/c22-21(23,24)11-1-7-15(17(9-11)28(31)32)18-8-6-14(33-18)10-16-19(29)26-27(20(16)30)13-4-2-12(25)3-5-13/h1-10H,(H,26,29)/b16-10-. The highest BCUT2D eigenvalue weighted by atomic mass is 127. The largest absolute Gasteiger partial charge is 0.456 e. The number of nitrogens with zero attached hydrogens (tertiary/aromatic N) is 2. The van der Waals surface area contributed by atoms with Crippen LogP contribution in [0.5, 0.6) is 0 Å². The van der Waals surface area contributed by atoms with Crippen LogP contribution in [0.1, 0.15) is 11.3 Å². The highest BCUT2D eigenvalue weighted by Crippen LogP contribution is 2.37. The Morgan fingerprint density at radius 3 is 2.39 bits per heavy atom. The predicted octanol–water partition coefficient (Wildman–Crippen LogP) is 4.94. The Hall–Kier alpha value is -3.68. The zero-order chi connectivity index (χ0) is 23.9. The van der Waals surface area contributed by atoms with Crippen molar-refractivity contribution in [1.82, 2.24) is 5.43 Å². The van der Waals surface area contributed by atoms with Crippen LogP contribution in [0.15, 0.2) is 64.6 Å². The van der Waals surface area contributed by atoms with Crippen molar-refractivity contribution >= 4 is 51.9 Å². The molecule has 1 fully saturated rings. The lowest BCUT2D eigenvalue weighted by Crippen LogP contribution is -2.35. The van der Waals surface area contributed by atoms with E-state index in [2.05, 4.69) is 28.0 Å². The van der Waals surface area contributed by atoms with Gasteiger partial charge in [-0.1, -0.05) is 0 Å². The predicted molar refractivity (Wildman–Crippen MR) is 119 cm³/mol. The molecule has 0 bridgehead atoms. The van der Waals surface area contributed by atoms with E-state index in [1.807, 2.05) is 0 Å². The molecule has 2 amide bonds. The van der Waals surface area contributed by atoms with Crippen molar-refractivity contribution in [2.75, 3.05) is 5.01 Å². The minimum Gasteiger partial charge on any atom is -0.456 e. The summed E-state index contributed by atoms with van der Waals surface area (Å²) in [6, 6.07) is 11.5. The third kappa shape index (κ3) is 4.46. The second kappa shape index (κ2) is 8.35. The summed E-state index contributed by atoms with van der Waals surface area (Å²) in [4.78, 5) is 35.4. The van der Waals surface area contributed by atoms with E-state index in [0.717, 1.165) is 20.7 Å². The Morgan fingerprint density at radius 1 is 1.06 bits per heavy atom. The second-order valence-electron chi connectivity index (χ2n) is 6.80. The number of anilines is 1.